The molecule has 1 aromatic heterocycles. The molecule has 1 atom stereocenters. The standard InChI is InChI=1S/C12H12N4O2/c13-10(17)11-14-12-9(8-4-2-1-3-5-8)18-7-6-16(12)15-11/h1-5,9H,6-7H2,(H2,13,17). The van der Waals surface area contributed by atoms with E-state index in [1.54, 1.807) is 4.68 Å². The van der Waals surface area contributed by atoms with E-state index >= 15 is 0 Å². The van der Waals surface area contributed by atoms with Gasteiger partial charge in [0, 0.05) is 0 Å². The average molecular weight is 244 g/mol. The van der Waals surface area contributed by atoms with Gasteiger partial charge in [0.2, 0.25) is 5.82 Å². The van der Waals surface area contributed by atoms with Gasteiger partial charge in [-0.1, -0.05) is 30.3 Å². The minimum absolute atomic E-state index is 0.0384. The van der Waals surface area contributed by atoms with Gasteiger partial charge in [0.05, 0.1) is 13.2 Å². The third-order valence-corrected chi connectivity index (χ3v) is 2.85. The van der Waals surface area contributed by atoms with Crippen molar-refractivity contribution in [2.75, 3.05) is 6.61 Å². The number of primary amides is 1. The second kappa shape index (κ2) is 4.23. The largest absolute Gasteiger partial charge is 0.364 e. The number of amides is 1. The summed E-state index contributed by atoms with van der Waals surface area (Å²) in [5.41, 5.74) is 6.18. The van der Waals surface area contributed by atoms with Gasteiger partial charge in [-0.2, -0.15) is 0 Å². The Morgan fingerprint density at radius 2 is 2.17 bits per heavy atom. The van der Waals surface area contributed by atoms with Crippen molar-refractivity contribution in [2.45, 2.75) is 12.6 Å². The Hall–Kier alpha value is -2.21. The molecule has 1 aromatic carbocycles. The first-order chi connectivity index (χ1) is 8.75. The second-order valence-corrected chi connectivity index (χ2v) is 4.04. The Balaban J connectivity index is 2.04. The summed E-state index contributed by atoms with van der Waals surface area (Å²) in [5, 5.41) is 4.08. The molecular formula is C12H12N4O2. The molecule has 6 nitrogen and oxygen atoms in total. The molecule has 1 aliphatic rings. The first-order valence-electron chi connectivity index (χ1n) is 5.67. The molecule has 0 fully saturated rings. The summed E-state index contributed by atoms with van der Waals surface area (Å²) in [6.45, 7) is 1.12. The highest BCUT2D eigenvalue weighted by atomic mass is 16.5. The van der Waals surface area contributed by atoms with E-state index < -0.39 is 5.91 Å². The van der Waals surface area contributed by atoms with Crippen LogP contribution in [0.3, 0.4) is 0 Å². The smallest absolute Gasteiger partial charge is 0.288 e. The minimum atomic E-state index is -0.622. The van der Waals surface area contributed by atoms with Crippen LogP contribution in [-0.2, 0) is 11.3 Å². The number of fused-ring (bicyclic) bond motifs is 1. The summed E-state index contributed by atoms with van der Waals surface area (Å²) >= 11 is 0. The summed E-state index contributed by atoms with van der Waals surface area (Å²) < 4.78 is 7.39. The molecule has 6 heteroatoms. The monoisotopic (exact) mass is 244 g/mol. The Labute approximate surface area is 103 Å². The Morgan fingerprint density at radius 3 is 2.89 bits per heavy atom. The van der Waals surface area contributed by atoms with E-state index in [0.717, 1.165) is 5.56 Å². The Kier molecular flexibility index (Phi) is 2.56. The molecule has 92 valence electrons. The molecule has 0 spiro atoms. The zero-order valence-corrected chi connectivity index (χ0v) is 9.61. The topological polar surface area (TPSA) is 83.0 Å². The summed E-state index contributed by atoms with van der Waals surface area (Å²) in [6, 6.07) is 9.72. The van der Waals surface area contributed by atoms with E-state index in [1.807, 2.05) is 30.3 Å². The van der Waals surface area contributed by atoms with E-state index in [-0.39, 0.29) is 11.9 Å². The minimum Gasteiger partial charge on any atom is -0.364 e. The summed E-state index contributed by atoms with van der Waals surface area (Å²) in [7, 11) is 0. The summed E-state index contributed by atoms with van der Waals surface area (Å²) in [4.78, 5) is 15.3. The average Bonchev–Trinajstić information content (AvgIpc) is 2.83. The van der Waals surface area contributed by atoms with E-state index in [1.165, 1.54) is 0 Å². The van der Waals surface area contributed by atoms with Gasteiger partial charge in [0.25, 0.3) is 5.91 Å². The molecule has 2 heterocycles. The van der Waals surface area contributed by atoms with Crippen molar-refractivity contribution < 1.29 is 9.53 Å². The maximum absolute atomic E-state index is 11.1. The predicted molar refractivity (Wildman–Crippen MR) is 62.8 cm³/mol. The van der Waals surface area contributed by atoms with E-state index in [9.17, 15) is 4.79 Å². The lowest BCUT2D eigenvalue weighted by molar-refractivity contribution is 0.0389. The van der Waals surface area contributed by atoms with Gasteiger partial charge in [-0.3, -0.25) is 4.79 Å². The van der Waals surface area contributed by atoms with Gasteiger partial charge in [0.1, 0.15) is 6.10 Å². The van der Waals surface area contributed by atoms with Crippen LogP contribution in [0.2, 0.25) is 0 Å². The Morgan fingerprint density at radius 1 is 1.39 bits per heavy atom. The van der Waals surface area contributed by atoms with E-state index in [0.29, 0.717) is 19.0 Å². The van der Waals surface area contributed by atoms with Crippen LogP contribution in [0.5, 0.6) is 0 Å². The molecule has 18 heavy (non-hydrogen) atoms. The quantitative estimate of drug-likeness (QED) is 0.833. The molecule has 2 aromatic rings. The van der Waals surface area contributed by atoms with Crippen LogP contribution in [-0.4, -0.2) is 27.3 Å². The second-order valence-electron chi connectivity index (χ2n) is 4.04. The van der Waals surface area contributed by atoms with Crippen molar-refractivity contribution in [3.8, 4) is 0 Å². The fourth-order valence-corrected chi connectivity index (χ4v) is 2.02. The third-order valence-electron chi connectivity index (χ3n) is 2.85. The molecule has 1 unspecified atom stereocenters. The zero-order chi connectivity index (χ0) is 12.5. The number of nitrogens with zero attached hydrogens (tertiary/aromatic N) is 3. The molecule has 1 aliphatic heterocycles. The number of benzene rings is 1. The molecular weight excluding hydrogens is 232 g/mol. The lowest BCUT2D eigenvalue weighted by Crippen LogP contribution is -2.23. The van der Waals surface area contributed by atoms with E-state index in [4.69, 9.17) is 10.5 Å². The van der Waals surface area contributed by atoms with Crippen molar-refractivity contribution in [1.29, 1.82) is 0 Å². The van der Waals surface area contributed by atoms with Gasteiger partial charge in [0.15, 0.2) is 5.82 Å². The van der Waals surface area contributed by atoms with Crippen LogP contribution in [0.4, 0.5) is 0 Å². The molecule has 0 saturated heterocycles. The fraction of sp³-hybridized carbons (Fsp3) is 0.250. The molecule has 0 aliphatic carbocycles. The van der Waals surface area contributed by atoms with Crippen LogP contribution >= 0.6 is 0 Å². The molecule has 0 saturated carbocycles. The Bertz CT molecular complexity index is 579. The van der Waals surface area contributed by atoms with Gasteiger partial charge in [-0.15, -0.1) is 5.10 Å². The van der Waals surface area contributed by atoms with Gasteiger partial charge >= 0.3 is 0 Å². The van der Waals surface area contributed by atoms with Crippen molar-refractivity contribution in [2.24, 2.45) is 5.73 Å². The first-order valence-corrected chi connectivity index (χ1v) is 5.67. The number of ether oxygens (including phenoxy) is 1. The SMILES string of the molecule is NC(=O)c1nc2n(n1)CCOC2c1ccccc1. The highest BCUT2D eigenvalue weighted by Gasteiger charge is 2.27. The van der Waals surface area contributed by atoms with E-state index in [2.05, 4.69) is 10.1 Å². The number of rotatable bonds is 2. The lowest BCUT2D eigenvalue weighted by atomic mass is 10.1. The van der Waals surface area contributed by atoms with Crippen LogP contribution in [0.1, 0.15) is 28.1 Å². The fourth-order valence-electron chi connectivity index (χ4n) is 2.02. The van der Waals surface area contributed by atoms with Crippen LogP contribution < -0.4 is 5.73 Å². The number of aromatic nitrogens is 3. The predicted octanol–water partition coefficient (Wildman–Crippen LogP) is 0.497. The molecule has 1 amide bonds. The van der Waals surface area contributed by atoms with Crippen LogP contribution in [0.15, 0.2) is 30.3 Å². The van der Waals surface area contributed by atoms with Gasteiger partial charge in [-0.05, 0) is 5.56 Å². The van der Waals surface area contributed by atoms with Crippen molar-refractivity contribution >= 4 is 5.91 Å². The number of nitrogens with two attached hydrogens (primary N) is 1. The van der Waals surface area contributed by atoms with Crippen LogP contribution in [0.25, 0.3) is 0 Å². The number of carbonyl (C=O) groups is 1. The van der Waals surface area contributed by atoms with Gasteiger partial charge in [-0.25, -0.2) is 9.67 Å². The van der Waals surface area contributed by atoms with Crippen molar-refractivity contribution in [3.05, 3.63) is 47.5 Å². The van der Waals surface area contributed by atoms with Crippen LogP contribution in [0, 0.1) is 0 Å². The molecule has 2 N–H and O–H groups in total. The summed E-state index contributed by atoms with van der Waals surface area (Å²) in [6.07, 6.45) is -0.291. The molecule has 0 radical (unpaired) electrons. The molecule has 0 bridgehead atoms. The third kappa shape index (κ3) is 1.76. The molecule has 3 rings (SSSR count). The zero-order valence-electron chi connectivity index (χ0n) is 9.61. The van der Waals surface area contributed by atoms with Crippen molar-refractivity contribution in [1.82, 2.24) is 14.8 Å². The first kappa shape index (κ1) is 10.9. The normalized spacial score (nSPS) is 18.3. The summed E-state index contributed by atoms with van der Waals surface area (Å²) in [5.74, 6) is 0.0430. The van der Waals surface area contributed by atoms with Gasteiger partial charge < -0.3 is 10.5 Å². The van der Waals surface area contributed by atoms with Crippen molar-refractivity contribution in [3.63, 3.8) is 0 Å². The highest BCUT2D eigenvalue weighted by molar-refractivity contribution is 5.88. The maximum atomic E-state index is 11.1. The number of carbonyl (C=O) groups excluding carboxylic acids is 1. The lowest BCUT2D eigenvalue weighted by Gasteiger charge is -2.22. The number of hydrogen-bond acceptors (Lipinski definition) is 4. The maximum Gasteiger partial charge on any atom is 0.288 e. The number of hydrogen-bond donors (Lipinski definition) is 1. The highest BCUT2D eigenvalue weighted by Crippen LogP contribution is 2.27.